The van der Waals surface area contributed by atoms with Crippen LogP contribution in [-0.4, -0.2) is 28.0 Å². The van der Waals surface area contributed by atoms with Crippen molar-refractivity contribution in [2.75, 3.05) is 6.54 Å². The first-order chi connectivity index (χ1) is 14.7. The second-order valence-corrected chi connectivity index (χ2v) is 7.13. The number of phenolic OH excluding ortho intramolecular Hbond substituents is 1. The number of benzene rings is 2. The number of hydrogen-bond donors (Lipinski definition) is 2. The number of rotatable bonds is 6. The van der Waals surface area contributed by atoms with Crippen molar-refractivity contribution < 1.29 is 32.3 Å². The summed E-state index contributed by atoms with van der Waals surface area (Å²) in [7, 11) is 0. The van der Waals surface area contributed by atoms with E-state index in [1.54, 1.807) is 0 Å². The maximum absolute atomic E-state index is 14.8. The van der Waals surface area contributed by atoms with Gasteiger partial charge in [-0.2, -0.15) is 0 Å². The molecule has 0 unspecified atom stereocenters. The minimum Gasteiger partial charge on any atom is -0.503 e. The van der Waals surface area contributed by atoms with Crippen molar-refractivity contribution in [1.29, 1.82) is 0 Å². The molecule has 0 saturated heterocycles. The first-order valence-electron chi connectivity index (χ1n) is 9.64. The van der Waals surface area contributed by atoms with E-state index >= 15 is 0 Å². The summed E-state index contributed by atoms with van der Waals surface area (Å²) in [5.74, 6) is -7.59. The lowest BCUT2D eigenvalue weighted by molar-refractivity contribution is -0.120. The van der Waals surface area contributed by atoms with Crippen molar-refractivity contribution >= 4 is 22.7 Å². The number of aromatic nitrogens is 1. The Morgan fingerprint density at radius 3 is 2.42 bits per heavy atom. The summed E-state index contributed by atoms with van der Waals surface area (Å²) in [6, 6.07) is 3.24. The molecule has 0 bridgehead atoms. The van der Waals surface area contributed by atoms with Crippen LogP contribution in [0.1, 0.15) is 41.4 Å². The van der Waals surface area contributed by atoms with Gasteiger partial charge >= 0.3 is 0 Å². The van der Waals surface area contributed by atoms with E-state index in [4.69, 9.17) is 0 Å². The van der Waals surface area contributed by atoms with Crippen LogP contribution in [0, 0.1) is 30.2 Å². The van der Waals surface area contributed by atoms with Gasteiger partial charge in [0.1, 0.15) is 0 Å². The molecule has 0 aliphatic rings. The van der Waals surface area contributed by atoms with Crippen LogP contribution in [0.25, 0.3) is 10.9 Å². The molecule has 0 radical (unpaired) electrons. The van der Waals surface area contributed by atoms with Crippen LogP contribution in [0.15, 0.2) is 24.3 Å². The summed E-state index contributed by atoms with van der Waals surface area (Å²) in [5, 5.41) is 12.1. The number of nitrogens with one attached hydrogen (secondary N) is 1. The molecule has 164 valence electrons. The first kappa shape index (κ1) is 22.3. The summed E-state index contributed by atoms with van der Waals surface area (Å²) in [4.78, 5) is 25.4. The van der Waals surface area contributed by atoms with Crippen molar-refractivity contribution in [3.8, 4) is 5.75 Å². The molecule has 31 heavy (non-hydrogen) atoms. The van der Waals surface area contributed by atoms with Gasteiger partial charge in [0.2, 0.25) is 5.91 Å². The number of carbonyl (C=O) groups is 2. The summed E-state index contributed by atoms with van der Waals surface area (Å²) < 4.78 is 56.7. The molecular formula is C22H20F4N2O3. The fraction of sp³-hybridized carbons (Fsp3) is 0.273. The predicted octanol–water partition coefficient (Wildman–Crippen LogP) is 4.36. The highest BCUT2D eigenvalue weighted by molar-refractivity contribution is 6.05. The van der Waals surface area contributed by atoms with E-state index in [-0.39, 0.29) is 34.1 Å². The predicted molar refractivity (Wildman–Crippen MR) is 106 cm³/mol. The molecule has 3 rings (SSSR count). The second-order valence-electron chi connectivity index (χ2n) is 7.13. The topological polar surface area (TPSA) is 71.3 Å². The molecule has 9 heteroatoms. The maximum atomic E-state index is 14.8. The fourth-order valence-corrected chi connectivity index (χ4v) is 3.42. The summed E-state index contributed by atoms with van der Waals surface area (Å²) in [5.41, 5.74) is -0.310. The Kier molecular flexibility index (Phi) is 6.33. The molecule has 1 heterocycles. The first-order valence-corrected chi connectivity index (χ1v) is 9.64. The van der Waals surface area contributed by atoms with Gasteiger partial charge < -0.3 is 10.4 Å². The Balaban J connectivity index is 2.17. The van der Waals surface area contributed by atoms with Crippen molar-refractivity contribution in [1.82, 2.24) is 9.88 Å². The third kappa shape index (κ3) is 4.12. The second kappa shape index (κ2) is 8.79. The van der Waals surface area contributed by atoms with Crippen LogP contribution < -0.4 is 5.32 Å². The average Bonchev–Trinajstić information content (AvgIpc) is 2.99. The normalized spacial score (nSPS) is 11.2. The van der Waals surface area contributed by atoms with Crippen LogP contribution in [0.2, 0.25) is 0 Å². The van der Waals surface area contributed by atoms with Gasteiger partial charge in [-0.15, -0.1) is 0 Å². The van der Waals surface area contributed by atoms with E-state index in [2.05, 4.69) is 5.32 Å². The van der Waals surface area contributed by atoms with E-state index < -0.39 is 40.8 Å². The van der Waals surface area contributed by atoms with Crippen LogP contribution in [-0.2, 0) is 11.2 Å². The summed E-state index contributed by atoms with van der Waals surface area (Å²) in [6.07, 6.45) is 1.26. The van der Waals surface area contributed by atoms with Gasteiger partial charge in [0.25, 0.3) is 5.91 Å². The molecule has 0 aliphatic heterocycles. The molecule has 0 spiro atoms. The van der Waals surface area contributed by atoms with E-state index in [1.165, 1.54) is 6.92 Å². The van der Waals surface area contributed by atoms with Gasteiger partial charge in [-0.25, -0.2) is 17.6 Å². The lowest BCUT2D eigenvalue weighted by atomic mass is 10.1. The molecule has 2 aromatic carbocycles. The van der Waals surface area contributed by atoms with E-state index in [0.717, 1.165) is 35.6 Å². The highest BCUT2D eigenvalue weighted by atomic mass is 19.2. The third-order valence-corrected chi connectivity index (χ3v) is 5.05. The lowest BCUT2D eigenvalue weighted by Crippen LogP contribution is -2.26. The Labute approximate surface area is 175 Å². The summed E-state index contributed by atoms with van der Waals surface area (Å²) in [6.45, 7) is 3.77. The zero-order chi connectivity index (χ0) is 22.9. The Morgan fingerprint density at radius 2 is 1.77 bits per heavy atom. The standard InChI is InChI=1S/C22H20F4N2O3/c1-3-4-7-27-18(29)9-13-11(2)28(17-10-16(25)21(30)20(26)19(13)17)22(31)12-5-6-14(23)15(24)8-12/h5-6,8,10,30H,3-4,7,9H2,1-2H3,(H,27,29). The van der Waals surface area contributed by atoms with Gasteiger partial charge in [-0.05, 0) is 37.1 Å². The number of aromatic hydroxyl groups is 1. The average molecular weight is 436 g/mol. The number of hydrogen-bond acceptors (Lipinski definition) is 3. The third-order valence-electron chi connectivity index (χ3n) is 5.05. The molecule has 1 amide bonds. The number of fused-ring (bicyclic) bond motifs is 1. The molecule has 3 aromatic rings. The number of halogens is 4. The molecule has 0 saturated carbocycles. The molecule has 0 fully saturated rings. The highest BCUT2D eigenvalue weighted by Crippen LogP contribution is 2.35. The monoisotopic (exact) mass is 436 g/mol. The number of unbranched alkanes of at least 4 members (excludes halogenated alkanes) is 1. The van der Waals surface area contributed by atoms with Crippen LogP contribution >= 0.6 is 0 Å². The number of phenols is 1. The van der Waals surface area contributed by atoms with Gasteiger partial charge in [0.15, 0.2) is 29.0 Å². The number of carbonyl (C=O) groups excluding carboxylic acids is 2. The van der Waals surface area contributed by atoms with Gasteiger partial charge in [-0.1, -0.05) is 13.3 Å². The van der Waals surface area contributed by atoms with Gasteiger partial charge in [-0.3, -0.25) is 14.2 Å². The molecular weight excluding hydrogens is 416 g/mol. The molecule has 0 atom stereocenters. The Bertz CT molecular complexity index is 1190. The Hall–Kier alpha value is -3.36. The minimum absolute atomic E-state index is 0.0766. The van der Waals surface area contributed by atoms with Crippen molar-refractivity contribution in [3.63, 3.8) is 0 Å². The lowest BCUT2D eigenvalue weighted by Gasteiger charge is -2.08. The molecule has 1 aromatic heterocycles. The molecule has 5 nitrogen and oxygen atoms in total. The van der Waals surface area contributed by atoms with Crippen LogP contribution in [0.4, 0.5) is 17.6 Å². The van der Waals surface area contributed by atoms with E-state index in [9.17, 15) is 32.3 Å². The smallest absolute Gasteiger partial charge is 0.262 e. The fourth-order valence-electron chi connectivity index (χ4n) is 3.42. The largest absolute Gasteiger partial charge is 0.503 e. The summed E-state index contributed by atoms with van der Waals surface area (Å²) >= 11 is 0. The maximum Gasteiger partial charge on any atom is 0.262 e. The number of nitrogens with zero attached hydrogens (tertiary/aromatic N) is 1. The van der Waals surface area contributed by atoms with Crippen LogP contribution in [0.5, 0.6) is 5.75 Å². The Morgan fingerprint density at radius 1 is 1.06 bits per heavy atom. The number of amides is 1. The zero-order valence-electron chi connectivity index (χ0n) is 16.9. The quantitative estimate of drug-likeness (QED) is 0.446. The van der Waals surface area contributed by atoms with Crippen LogP contribution in [0.3, 0.4) is 0 Å². The van der Waals surface area contributed by atoms with E-state index in [1.807, 2.05) is 6.92 Å². The highest BCUT2D eigenvalue weighted by Gasteiger charge is 2.27. The van der Waals surface area contributed by atoms with E-state index in [0.29, 0.717) is 12.6 Å². The van der Waals surface area contributed by atoms with Gasteiger partial charge in [0.05, 0.1) is 11.9 Å². The zero-order valence-corrected chi connectivity index (χ0v) is 16.9. The molecule has 0 aliphatic carbocycles. The minimum atomic E-state index is -1.31. The van der Waals surface area contributed by atoms with Crippen molar-refractivity contribution in [2.45, 2.75) is 33.1 Å². The molecule has 2 N–H and O–H groups in total. The van der Waals surface area contributed by atoms with Gasteiger partial charge in [0, 0.05) is 29.3 Å². The SMILES string of the molecule is CCCCNC(=O)Cc1c(C)n(C(=O)c2ccc(F)c(F)c2)c2cc(F)c(O)c(F)c12. The van der Waals surface area contributed by atoms with Crippen molar-refractivity contribution in [2.24, 2.45) is 0 Å². The van der Waals surface area contributed by atoms with Crippen molar-refractivity contribution in [3.05, 3.63) is 64.4 Å².